The van der Waals surface area contributed by atoms with Crippen molar-refractivity contribution < 1.29 is 8.85 Å². The van der Waals surface area contributed by atoms with Crippen LogP contribution < -0.4 is 0 Å². The molecule has 96 valence electrons. The minimum absolute atomic E-state index is 0.773. The molecule has 0 bridgehead atoms. The Labute approximate surface area is 114 Å². The van der Waals surface area contributed by atoms with Crippen LogP contribution in [0.15, 0.2) is 28.7 Å². The second kappa shape index (κ2) is 8.86. The lowest BCUT2D eigenvalue weighted by molar-refractivity contribution is 0.213. The normalized spacial score (nSPS) is 11.1. The van der Waals surface area contributed by atoms with Crippen molar-refractivity contribution in [3.05, 3.63) is 34.3 Å². The Morgan fingerprint density at radius 2 is 1.65 bits per heavy atom. The van der Waals surface area contributed by atoms with Gasteiger partial charge in [-0.25, -0.2) is 0 Å². The number of aryl methyl sites for hydroxylation is 1. The molecule has 0 spiro atoms. The highest BCUT2D eigenvalue weighted by atomic mass is 79.9. The summed E-state index contributed by atoms with van der Waals surface area (Å²) in [7, 11) is -1.39. The van der Waals surface area contributed by atoms with Gasteiger partial charge in [0, 0.05) is 17.7 Å². The Kier molecular flexibility index (Phi) is 7.76. The first-order valence-electron chi connectivity index (χ1n) is 6.24. The average molecular weight is 317 g/mol. The molecule has 0 atom stereocenters. The zero-order valence-corrected chi connectivity index (χ0v) is 13.4. The van der Waals surface area contributed by atoms with Crippen LogP contribution in [0.4, 0.5) is 0 Å². The molecule has 0 saturated heterocycles. The van der Waals surface area contributed by atoms with E-state index in [1.165, 1.54) is 5.56 Å². The fourth-order valence-corrected chi connectivity index (χ4v) is 3.69. The van der Waals surface area contributed by atoms with Crippen molar-refractivity contribution in [2.45, 2.75) is 32.7 Å². The van der Waals surface area contributed by atoms with E-state index in [0.717, 1.165) is 36.6 Å². The summed E-state index contributed by atoms with van der Waals surface area (Å²) in [6.45, 7) is 5.62. The van der Waals surface area contributed by atoms with E-state index in [0.29, 0.717) is 0 Å². The first kappa shape index (κ1) is 14.9. The second-order valence-corrected chi connectivity index (χ2v) is 6.88. The van der Waals surface area contributed by atoms with Crippen LogP contribution >= 0.6 is 15.9 Å². The third-order valence-corrected chi connectivity index (χ3v) is 5.34. The second-order valence-electron chi connectivity index (χ2n) is 3.86. The summed E-state index contributed by atoms with van der Waals surface area (Å²) in [6.07, 6.45) is 2.26. The van der Waals surface area contributed by atoms with Gasteiger partial charge in [-0.1, -0.05) is 28.1 Å². The molecule has 1 rings (SSSR count). The van der Waals surface area contributed by atoms with Crippen molar-refractivity contribution in [3.63, 3.8) is 0 Å². The molecule has 1 aromatic carbocycles. The molecule has 1 aromatic rings. The minimum atomic E-state index is -1.39. The van der Waals surface area contributed by atoms with Gasteiger partial charge in [-0.05, 0) is 50.4 Å². The molecular weight excluding hydrogens is 296 g/mol. The highest BCUT2D eigenvalue weighted by Gasteiger charge is 2.11. The van der Waals surface area contributed by atoms with Crippen LogP contribution in [0.2, 0.25) is 6.04 Å². The summed E-state index contributed by atoms with van der Waals surface area (Å²) in [5, 5.41) is 0. The van der Waals surface area contributed by atoms with Crippen LogP contribution in [0.25, 0.3) is 0 Å². The molecule has 0 heterocycles. The van der Waals surface area contributed by atoms with Crippen molar-refractivity contribution in [2.75, 3.05) is 13.2 Å². The molecule has 0 aliphatic heterocycles. The monoisotopic (exact) mass is 316 g/mol. The number of hydrogen-bond acceptors (Lipinski definition) is 2. The molecule has 0 saturated carbocycles. The van der Waals surface area contributed by atoms with E-state index < -0.39 is 9.28 Å². The number of benzene rings is 1. The van der Waals surface area contributed by atoms with Gasteiger partial charge in [0.2, 0.25) is 0 Å². The lowest BCUT2D eigenvalue weighted by atomic mass is 10.1. The van der Waals surface area contributed by atoms with Crippen molar-refractivity contribution in [3.8, 4) is 0 Å². The van der Waals surface area contributed by atoms with Gasteiger partial charge in [0.05, 0.1) is 0 Å². The quantitative estimate of drug-likeness (QED) is 0.681. The summed E-state index contributed by atoms with van der Waals surface area (Å²) in [6, 6.07) is 9.62. The zero-order chi connectivity index (χ0) is 12.5. The maximum atomic E-state index is 5.65. The van der Waals surface area contributed by atoms with Gasteiger partial charge in [0.25, 0.3) is 0 Å². The molecule has 2 nitrogen and oxygen atoms in total. The predicted molar refractivity (Wildman–Crippen MR) is 77.7 cm³/mol. The third-order valence-electron chi connectivity index (χ3n) is 2.52. The minimum Gasteiger partial charge on any atom is -0.397 e. The smallest absolute Gasteiger partial charge is 0.321 e. The maximum absolute atomic E-state index is 5.65. The maximum Gasteiger partial charge on any atom is 0.321 e. The van der Waals surface area contributed by atoms with Gasteiger partial charge in [-0.15, -0.1) is 0 Å². The fraction of sp³-hybridized carbons (Fsp3) is 0.538. The molecule has 17 heavy (non-hydrogen) atoms. The van der Waals surface area contributed by atoms with E-state index in [-0.39, 0.29) is 0 Å². The summed E-state index contributed by atoms with van der Waals surface area (Å²) >= 11 is 3.44. The van der Waals surface area contributed by atoms with Crippen molar-refractivity contribution in [2.24, 2.45) is 0 Å². The molecule has 0 aliphatic rings. The lowest BCUT2D eigenvalue weighted by Gasteiger charge is -2.14. The Hall–Kier alpha value is -0.163. The van der Waals surface area contributed by atoms with Gasteiger partial charge in [0.15, 0.2) is 0 Å². The highest BCUT2D eigenvalue weighted by Crippen LogP contribution is 2.13. The van der Waals surface area contributed by atoms with Crippen LogP contribution in [-0.4, -0.2) is 22.5 Å². The standard InChI is InChI=1S/C13H21BrO2Si/c1-3-15-17(16-4-2)11-5-6-12-7-9-13(14)10-8-12/h7-10,17H,3-6,11H2,1-2H3. The average Bonchev–Trinajstić information content (AvgIpc) is 2.32. The number of rotatable bonds is 8. The Balaban J connectivity index is 2.27. The van der Waals surface area contributed by atoms with Gasteiger partial charge >= 0.3 is 9.28 Å². The van der Waals surface area contributed by atoms with Crippen LogP contribution in [0.3, 0.4) is 0 Å². The van der Waals surface area contributed by atoms with Gasteiger partial charge < -0.3 is 8.85 Å². The highest BCUT2D eigenvalue weighted by molar-refractivity contribution is 9.10. The van der Waals surface area contributed by atoms with Gasteiger partial charge in [-0.2, -0.15) is 0 Å². The van der Waals surface area contributed by atoms with Gasteiger partial charge in [-0.3, -0.25) is 0 Å². The molecule has 0 radical (unpaired) electrons. The van der Waals surface area contributed by atoms with Crippen LogP contribution in [0, 0.1) is 0 Å². The molecular formula is C13H21BrO2Si. The predicted octanol–water partition coefficient (Wildman–Crippen LogP) is 3.68. The molecule has 0 amide bonds. The summed E-state index contributed by atoms with van der Waals surface area (Å²) in [5.41, 5.74) is 1.38. The molecule has 0 fully saturated rings. The summed E-state index contributed by atoms with van der Waals surface area (Å²) in [5.74, 6) is 0. The molecule has 4 heteroatoms. The van der Waals surface area contributed by atoms with E-state index in [9.17, 15) is 0 Å². The van der Waals surface area contributed by atoms with Gasteiger partial charge in [0.1, 0.15) is 0 Å². The first-order chi connectivity index (χ1) is 8.26. The first-order valence-corrected chi connectivity index (χ1v) is 8.79. The largest absolute Gasteiger partial charge is 0.397 e. The van der Waals surface area contributed by atoms with Crippen LogP contribution in [0.5, 0.6) is 0 Å². The van der Waals surface area contributed by atoms with Crippen LogP contribution in [-0.2, 0) is 15.3 Å². The van der Waals surface area contributed by atoms with E-state index in [2.05, 4.69) is 40.2 Å². The van der Waals surface area contributed by atoms with Crippen molar-refractivity contribution in [1.82, 2.24) is 0 Å². The van der Waals surface area contributed by atoms with Crippen LogP contribution in [0.1, 0.15) is 25.8 Å². The Bertz CT molecular complexity index is 297. The lowest BCUT2D eigenvalue weighted by Crippen LogP contribution is -2.22. The third kappa shape index (κ3) is 6.36. The summed E-state index contributed by atoms with van der Waals surface area (Å²) in [4.78, 5) is 0. The Morgan fingerprint density at radius 1 is 1.06 bits per heavy atom. The number of hydrogen-bond donors (Lipinski definition) is 0. The fourth-order valence-electron chi connectivity index (χ4n) is 1.71. The van der Waals surface area contributed by atoms with E-state index in [4.69, 9.17) is 8.85 Å². The summed E-state index contributed by atoms with van der Waals surface area (Å²) < 4.78 is 12.4. The van der Waals surface area contributed by atoms with E-state index in [1.807, 2.05) is 13.8 Å². The Morgan fingerprint density at radius 3 is 2.18 bits per heavy atom. The van der Waals surface area contributed by atoms with Crippen molar-refractivity contribution in [1.29, 1.82) is 0 Å². The molecule has 0 aromatic heterocycles. The number of halogens is 1. The van der Waals surface area contributed by atoms with E-state index >= 15 is 0 Å². The molecule has 0 unspecified atom stereocenters. The molecule has 0 N–H and O–H groups in total. The van der Waals surface area contributed by atoms with E-state index in [1.54, 1.807) is 0 Å². The topological polar surface area (TPSA) is 18.5 Å². The SMILES string of the molecule is CCO[SiH](CCCc1ccc(Br)cc1)OCC. The zero-order valence-electron chi connectivity index (χ0n) is 10.6. The van der Waals surface area contributed by atoms with Crippen molar-refractivity contribution >= 4 is 25.2 Å². The molecule has 0 aliphatic carbocycles.